The average molecular weight is 288 g/mol. The maximum atomic E-state index is 5.27. The van der Waals surface area contributed by atoms with E-state index in [2.05, 4.69) is 24.1 Å². The molecule has 0 aliphatic carbocycles. The van der Waals surface area contributed by atoms with E-state index in [9.17, 15) is 0 Å². The van der Waals surface area contributed by atoms with Crippen molar-refractivity contribution in [2.24, 2.45) is 5.41 Å². The van der Waals surface area contributed by atoms with Crippen LogP contribution in [0, 0.1) is 5.41 Å². The SMILES string of the molecule is COCCC(C)(C)CNc1nccc2cc(OC)ccc12. The molecule has 1 N–H and O–H groups in total. The van der Waals surface area contributed by atoms with E-state index in [0.717, 1.165) is 41.9 Å². The molecule has 0 amide bonds. The number of fused-ring (bicyclic) bond motifs is 1. The van der Waals surface area contributed by atoms with Gasteiger partial charge in [-0.25, -0.2) is 4.98 Å². The summed E-state index contributed by atoms with van der Waals surface area (Å²) in [5.41, 5.74) is 0.159. The van der Waals surface area contributed by atoms with E-state index >= 15 is 0 Å². The summed E-state index contributed by atoms with van der Waals surface area (Å²) >= 11 is 0. The Morgan fingerprint density at radius 2 is 2.00 bits per heavy atom. The Balaban J connectivity index is 2.15. The number of pyridine rings is 1. The third-order valence-electron chi connectivity index (χ3n) is 3.69. The van der Waals surface area contributed by atoms with Crippen LogP contribution in [0.5, 0.6) is 5.75 Å². The van der Waals surface area contributed by atoms with Crippen LogP contribution >= 0.6 is 0 Å². The fraction of sp³-hybridized carbons (Fsp3) is 0.471. The second-order valence-corrected chi connectivity index (χ2v) is 6.01. The smallest absolute Gasteiger partial charge is 0.133 e. The largest absolute Gasteiger partial charge is 0.497 e. The summed E-state index contributed by atoms with van der Waals surface area (Å²) in [7, 11) is 3.42. The lowest BCUT2D eigenvalue weighted by atomic mass is 9.89. The van der Waals surface area contributed by atoms with E-state index in [0.29, 0.717) is 0 Å². The fourth-order valence-electron chi connectivity index (χ4n) is 2.21. The Hall–Kier alpha value is -1.81. The minimum Gasteiger partial charge on any atom is -0.497 e. The molecule has 4 heteroatoms. The summed E-state index contributed by atoms with van der Waals surface area (Å²) in [5, 5.41) is 5.71. The van der Waals surface area contributed by atoms with Crippen LogP contribution in [0.15, 0.2) is 30.5 Å². The van der Waals surface area contributed by atoms with Crippen molar-refractivity contribution in [3.05, 3.63) is 30.5 Å². The fourth-order valence-corrected chi connectivity index (χ4v) is 2.21. The second-order valence-electron chi connectivity index (χ2n) is 6.01. The van der Waals surface area contributed by atoms with Crippen molar-refractivity contribution in [3.8, 4) is 5.75 Å². The molecule has 0 aliphatic rings. The van der Waals surface area contributed by atoms with Gasteiger partial charge in [-0.2, -0.15) is 0 Å². The Bertz CT molecular complexity index is 596. The van der Waals surface area contributed by atoms with Gasteiger partial charge in [0, 0.05) is 31.8 Å². The molecule has 0 spiro atoms. The highest BCUT2D eigenvalue weighted by atomic mass is 16.5. The Labute approximate surface area is 126 Å². The molecule has 4 nitrogen and oxygen atoms in total. The molecule has 2 rings (SSSR count). The van der Waals surface area contributed by atoms with Gasteiger partial charge in [0.05, 0.1) is 7.11 Å². The number of benzene rings is 1. The highest BCUT2D eigenvalue weighted by Gasteiger charge is 2.18. The molecule has 0 radical (unpaired) electrons. The van der Waals surface area contributed by atoms with Crippen LogP contribution in [-0.2, 0) is 4.74 Å². The molecule has 1 aromatic heterocycles. The van der Waals surface area contributed by atoms with Gasteiger partial charge >= 0.3 is 0 Å². The number of anilines is 1. The number of ether oxygens (including phenoxy) is 2. The predicted octanol–water partition coefficient (Wildman–Crippen LogP) is 3.72. The number of methoxy groups -OCH3 is 2. The summed E-state index contributed by atoms with van der Waals surface area (Å²) in [4.78, 5) is 4.46. The summed E-state index contributed by atoms with van der Waals surface area (Å²) < 4.78 is 10.4. The van der Waals surface area contributed by atoms with Crippen LogP contribution in [0.1, 0.15) is 20.3 Å². The van der Waals surface area contributed by atoms with Crippen LogP contribution in [0.25, 0.3) is 10.8 Å². The number of hydrogen-bond donors (Lipinski definition) is 1. The molecule has 114 valence electrons. The molecular weight excluding hydrogens is 264 g/mol. The molecule has 1 aromatic carbocycles. The number of aromatic nitrogens is 1. The lowest BCUT2D eigenvalue weighted by Gasteiger charge is -2.25. The predicted molar refractivity (Wildman–Crippen MR) is 87.1 cm³/mol. The summed E-state index contributed by atoms with van der Waals surface area (Å²) in [5.74, 6) is 1.78. The van der Waals surface area contributed by atoms with Crippen LogP contribution in [-0.4, -0.2) is 32.4 Å². The molecule has 0 aliphatic heterocycles. The number of nitrogens with one attached hydrogen (secondary N) is 1. The third kappa shape index (κ3) is 4.08. The van der Waals surface area contributed by atoms with Crippen molar-refractivity contribution < 1.29 is 9.47 Å². The molecular formula is C17H24N2O2. The van der Waals surface area contributed by atoms with Crippen LogP contribution in [0.2, 0.25) is 0 Å². The van der Waals surface area contributed by atoms with Gasteiger partial charge in [0.15, 0.2) is 0 Å². The number of hydrogen-bond acceptors (Lipinski definition) is 4. The summed E-state index contributed by atoms with van der Waals surface area (Å²) in [6.45, 7) is 6.09. The summed E-state index contributed by atoms with van der Waals surface area (Å²) in [6.07, 6.45) is 2.83. The first kappa shape index (κ1) is 15.6. The zero-order chi connectivity index (χ0) is 15.3. The van der Waals surface area contributed by atoms with Crippen molar-refractivity contribution in [2.45, 2.75) is 20.3 Å². The van der Waals surface area contributed by atoms with Crippen molar-refractivity contribution in [1.82, 2.24) is 4.98 Å². The molecule has 1 heterocycles. The van der Waals surface area contributed by atoms with E-state index in [4.69, 9.17) is 9.47 Å². The highest BCUT2D eigenvalue weighted by Crippen LogP contribution is 2.27. The Morgan fingerprint density at radius 1 is 1.19 bits per heavy atom. The summed E-state index contributed by atoms with van der Waals surface area (Å²) in [6, 6.07) is 8.04. The maximum absolute atomic E-state index is 5.27. The zero-order valence-electron chi connectivity index (χ0n) is 13.3. The lowest BCUT2D eigenvalue weighted by Crippen LogP contribution is -2.25. The van der Waals surface area contributed by atoms with Crippen LogP contribution < -0.4 is 10.1 Å². The second kappa shape index (κ2) is 6.76. The number of rotatable bonds is 7. The molecule has 2 aromatic rings. The van der Waals surface area contributed by atoms with Crippen molar-refractivity contribution >= 4 is 16.6 Å². The first-order valence-electron chi connectivity index (χ1n) is 7.21. The minimum absolute atomic E-state index is 0.159. The van der Waals surface area contributed by atoms with Gasteiger partial charge in [-0.15, -0.1) is 0 Å². The van der Waals surface area contributed by atoms with Gasteiger partial charge in [-0.3, -0.25) is 0 Å². The quantitative estimate of drug-likeness (QED) is 0.843. The molecule has 0 unspecified atom stereocenters. The Morgan fingerprint density at radius 3 is 2.71 bits per heavy atom. The normalized spacial score (nSPS) is 11.6. The van der Waals surface area contributed by atoms with Crippen molar-refractivity contribution in [2.75, 3.05) is 32.7 Å². The molecule has 21 heavy (non-hydrogen) atoms. The van der Waals surface area contributed by atoms with E-state index < -0.39 is 0 Å². The molecule has 0 saturated heterocycles. The maximum Gasteiger partial charge on any atom is 0.133 e. The third-order valence-corrected chi connectivity index (χ3v) is 3.69. The first-order valence-corrected chi connectivity index (χ1v) is 7.21. The highest BCUT2D eigenvalue weighted by molar-refractivity contribution is 5.92. The number of nitrogens with zero attached hydrogens (tertiary/aromatic N) is 1. The van der Waals surface area contributed by atoms with Crippen molar-refractivity contribution in [1.29, 1.82) is 0 Å². The topological polar surface area (TPSA) is 43.4 Å². The molecule has 0 saturated carbocycles. The van der Waals surface area contributed by atoms with Gasteiger partial charge in [0.2, 0.25) is 0 Å². The average Bonchev–Trinajstić information content (AvgIpc) is 2.50. The molecule has 0 fully saturated rings. The molecule has 0 atom stereocenters. The van der Waals surface area contributed by atoms with Gasteiger partial charge < -0.3 is 14.8 Å². The standard InChI is InChI=1S/C17H24N2O2/c1-17(2,8-10-20-3)12-19-16-15-6-5-14(21-4)11-13(15)7-9-18-16/h5-7,9,11H,8,10,12H2,1-4H3,(H,18,19). The zero-order valence-corrected chi connectivity index (χ0v) is 13.3. The van der Waals surface area contributed by atoms with E-state index in [-0.39, 0.29) is 5.41 Å². The van der Waals surface area contributed by atoms with Crippen molar-refractivity contribution in [3.63, 3.8) is 0 Å². The van der Waals surface area contributed by atoms with Gasteiger partial charge in [0.25, 0.3) is 0 Å². The van der Waals surface area contributed by atoms with Gasteiger partial charge in [-0.1, -0.05) is 13.8 Å². The van der Waals surface area contributed by atoms with E-state index in [1.165, 1.54) is 0 Å². The van der Waals surface area contributed by atoms with E-state index in [1.807, 2.05) is 30.5 Å². The van der Waals surface area contributed by atoms with Gasteiger partial charge in [0.1, 0.15) is 11.6 Å². The molecule has 0 bridgehead atoms. The lowest BCUT2D eigenvalue weighted by molar-refractivity contribution is 0.157. The minimum atomic E-state index is 0.159. The Kier molecular flexibility index (Phi) is 5.02. The van der Waals surface area contributed by atoms with E-state index in [1.54, 1.807) is 14.2 Å². The monoisotopic (exact) mass is 288 g/mol. The van der Waals surface area contributed by atoms with Crippen LogP contribution in [0.4, 0.5) is 5.82 Å². The first-order chi connectivity index (χ1) is 10.1. The van der Waals surface area contributed by atoms with Gasteiger partial charge in [-0.05, 0) is 41.5 Å². The van der Waals surface area contributed by atoms with Crippen LogP contribution in [0.3, 0.4) is 0 Å².